The van der Waals surface area contributed by atoms with Crippen LogP contribution in [0.4, 0.5) is 0 Å². The van der Waals surface area contributed by atoms with Crippen molar-refractivity contribution in [1.29, 1.82) is 0 Å². The van der Waals surface area contributed by atoms with E-state index in [4.69, 9.17) is 0 Å². The van der Waals surface area contributed by atoms with E-state index < -0.39 is 0 Å². The van der Waals surface area contributed by atoms with Gasteiger partial charge >= 0.3 is 0 Å². The van der Waals surface area contributed by atoms with E-state index in [1.54, 1.807) is 24.8 Å². The number of aromatic nitrogens is 3. The summed E-state index contributed by atoms with van der Waals surface area (Å²) in [5.41, 5.74) is 4.30. The first-order valence-electron chi connectivity index (χ1n) is 5.81. The SMILES string of the molecule is Ic1cc(-c2ccncc2)cnc1-c1ccncc1. The van der Waals surface area contributed by atoms with Gasteiger partial charge in [-0.2, -0.15) is 0 Å². The minimum absolute atomic E-state index is 0.987. The molecule has 0 bridgehead atoms. The van der Waals surface area contributed by atoms with Crippen LogP contribution >= 0.6 is 22.6 Å². The molecule has 0 atom stereocenters. The summed E-state index contributed by atoms with van der Waals surface area (Å²) in [6.45, 7) is 0. The second-order valence-electron chi connectivity index (χ2n) is 4.03. The Labute approximate surface area is 124 Å². The van der Waals surface area contributed by atoms with E-state index in [1.165, 1.54) is 0 Å². The Balaban J connectivity index is 2.04. The van der Waals surface area contributed by atoms with Crippen molar-refractivity contribution < 1.29 is 0 Å². The summed E-state index contributed by atoms with van der Waals surface area (Å²) in [5.74, 6) is 0. The highest BCUT2D eigenvalue weighted by Gasteiger charge is 2.06. The number of hydrogen-bond donors (Lipinski definition) is 0. The minimum Gasteiger partial charge on any atom is -0.265 e. The zero-order chi connectivity index (χ0) is 13.1. The van der Waals surface area contributed by atoms with Crippen LogP contribution in [0, 0.1) is 3.57 Å². The summed E-state index contributed by atoms with van der Waals surface area (Å²) >= 11 is 2.32. The largest absolute Gasteiger partial charge is 0.265 e. The van der Waals surface area contributed by atoms with E-state index in [2.05, 4.69) is 43.6 Å². The van der Waals surface area contributed by atoms with Gasteiger partial charge in [-0.25, -0.2) is 0 Å². The van der Waals surface area contributed by atoms with E-state index in [1.807, 2.05) is 30.5 Å². The Kier molecular flexibility index (Phi) is 3.50. The molecule has 0 aromatic carbocycles. The van der Waals surface area contributed by atoms with Crippen molar-refractivity contribution in [1.82, 2.24) is 15.0 Å². The third-order valence-corrected chi connectivity index (χ3v) is 3.63. The van der Waals surface area contributed by atoms with Crippen molar-refractivity contribution in [3.8, 4) is 22.4 Å². The zero-order valence-corrected chi connectivity index (χ0v) is 12.2. The van der Waals surface area contributed by atoms with E-state index in [0.29, 0.717) is 0 Å². The lowest BCUT2D eigenvalue weighted by atomic mass is 10.1. The quantitative estimate of drug-likeness (QED) is 0.654. The zero-order valence-electron chi connectivity index (χ0n) is 9.99. The molecule has 0 aliphatic rings. The highest BCUT2D eigenvalue weighted by molar-refractivity contribution is 14.1. The van der Waals surface area contributed by atoms with Crippen LogP contribution in [0.5, 0.6) is 0 Å². The van der Waals surface area contributed by atoms with Crippen LogP contribution in [0.15, 0.2) is 61.3 Å². The molecule has 0 N–H and O–H groups in total. The normalized spacial score (nSPS) is 10.4. The maximum absolute atomic E-state index is 4.57. The van der Waals surface area contributed by atoms with Crippen LogP contribution in [0.1, 0.15) is 0 Å². The van der Waals surface area contributed by atoms with Crippen molar-refractivity contribution in [2.24, 2.45) is 0 Å². The second-order valence-corrected chi connectivity index (χ2v) is 5.19. The Morgan fingerprint density at radius 1 is 0.737 bits per heavy atom. The lowest BCUT2D eigenvalue weighted by molar-refractivity contribution is 1.27. The first-order valence-corrected chi connectivity index (χ1v) is 6.89. The summed E-state index contributed by atoms with van der Waals surface area (Å²) in [7, 11) is 0. The van der Waals surface area contributed by atoms with E-state index >= 15 is 0 Å². The highest BCUT2D eigenvalue weighted by Crippen LogP contribution is 2.27. The van der Waals surface area contributed by atoms with E-state index in [0.717, 1.165) is 26.0 Å². The Morgan fingerprint density at radius 3 is 1.89 bits per heavy atom. The molecule has 19 heavy (non-hydrogen) atoms. The van der Waals surface area contributed by atoms with Gasteiger partial charge in [0.25, 0.3) is 0 Å². The fraction of sp³-hybridized carbons (Fsp3) is 0. The van der Waals surface area contributed by atoms with Crippen LogP contribution in [0.2, 0.25) is 0 Å². The Hall–Kier alpha value is -1.82. The predicted molar refractivity (Wildman–Crippen MR) is 83.4 cm³/mol. The average Bonchev–Trinajstić information content (AvgIpc) is 2.49. The van der Waals surface area contributed by atoms with Gasteiger partial charge in [0.05, 0.1) is 5.69 Å². The van der Waals surface area contributed by atoms with Crippen molar-refractivity contribution in [3.63, 3.8) is 0 Å². The molecule has 3 aromatic rings. The number of pyridine rings is 3. The molecular weight excluding hydrogens is 349 g/mol. The molecule has 4 heteroatoms. The molecule has 3 rings (SSSR count). The fourth-order valence-corrected chi connectivity index (χ4v) is 2.65. The maximum atomic E-state index is 4.57. The Bertz CT molecular complexity index is 684. The van der Waals surface area contributed by atoms with Gasteiger partial charge in [0.15, 0.2) is 0 Å². The lowest BCUT2D eigenvalue weighted by Crippen LogP contribution is -1.90. The topological polar surface area (TPSA) is 38.7 Å². The monoisotopic (exact) mass is 359 g/mol. The second kappa shape index (κ2) is 5.44. The predicted octanol–water partition coefficient (Wildman–Crippen LogP) is 3.81. The van der Waals surface area contributed by atoms with Gasteiger partial charge in [-0.05, 0) is 58.5 Å². The van der Waals surface area contributed by atoms with Crippen LogP contribution in [-0.4, -0.2) is 15.0 Å². The molecule has 0 saturated carbocycles. The highest BCUT2D eigenvalue weighted by atomic mass is 127. The van der Waals surface area contributed by atoms with Gasteiger partial charge in [0, 0.05) is 45.7 Å². The van der Waals surface area contributed by atoms with Crippen molar-refractivity contribution in [2.75, 3.05) is 0 Å². The van der Waals surface area contributed by atoms with Crippen molar-refractivity contribution in [3.05, 3.63) is 64.9 Å². The number of rotatable bonds is 2. The van der Waals surface area contributed by atoms with Gasteiger partial charge in [-0.15, -0.1) is 0 Å². The van der Waals surface area contributed by atoms with E-state index in [9.17, 15) is 0 Å². The van der Waals surface area contributed by atoms with Crippen LogP contribution < -0.4 is 0 Å². The number of halogens is 1. The van der Waals surface area contributed by atoms with Crippen LogP contribution in [0.25, 0.3) is 22.4 Å². The van der Waals surface area contributed by atoms with Crippen molar-refractivity contribution >= 4 is 22.6 Å². The van der Waals surface area contributed by atoms with Gasteiger partial charge < -0.3 is 0 Å². The molecule has 0 aliphatic carbocycles. The molecule has 0 aliphatic heterocycles. The molecule has 0 spiro atoms. The van der Waals surface area contributed by atoms with Crippen LogP contribution in [-0.2, 0) is 0 Å². The van der Waals surface area contributed by atoms with Gasteiger partial charge in [0.2, 0.25) is 0 Å². The third kappa shape index (κ3) is 2.63. The van der Waals surface area contributed by atoms with Gasteiger partial charge in [-0.3, -0.25) is 15.0 Å². The van der Waals surface area contributed by atoms with Gasteiger partial charge in [-0.1, -0.05) is 0 Å². The molecule has 3 nitrogen and oxygen atoms in total. The molecule has 3 aromatic heterocycles. The summed E-state index contributed by atoms with van der Waals surface area (Å²) in [4.78, 5) is 12.6. The van der Waals surface area contributed by atoms with E-state index in [-0.39, 0.29) is 0 Å². The maximum Gasteiger partial charge on any atom is 0.0836 e. The minimum atomic E-state index is 0.987. The first kappa shape index (κ1) is 12.2. The molecule has 0 fully saturated rings. The molecular formula is C15H10IN3. The Morgan fingerprint density at radius 2 is 1.32 bits per heavy atom. The fourth-order valence-electron chi connectivity index (χ4n) is 1.86. The summed E-state index contributed by atoms with van der Waals surface area (Å²) in [6.07, 6.45) is 9.04. The lowest BCUT2D eigenvalue weighted by Gasteiger charge is -2.06. The summed E-state index contributed by atoms with van der Waals surface area (Å²) in [6, 6.07) is 10.0. The average molecular weight is 359 g/mol. The molecule has 0 radical (unpaired) electrons. The number of hydrogen-bond acceptors (Lipinski definition) is 3. The molecule has 3 heterocycles. The molecule has 0 amide bonds. The first-order chi connectivity index (χ1) is 9.34. The van der Waals surface area contributed by atoms with Crippen molar-refractivity contribution in [2.45, 2.75) is 0 Å². The number of nitrogens with zero attached hydrogens (tertiary/aromatic N) is 3. The molecule has 0 unspecified atom stereocenters. The summed E-state index contributed by atoms with van der Waals surface area (Å²) < 4.78 is 1.12. The molecule has 0 saturated heterocycles. The van der Waals surface area contributed by atoms with Crippen LogP contribution in [0.3, 0.4) is 0 Å². The summed E-state index contributed by atoms with van der Waals surface area (Å²) in [5, 5.41) is 0. The van der Waals surface area contributed by atoms with Gasteiger partial charge in [0.1, 0.15) is 0 Å². The smallest absolute Gasteiger partial charge is 0.0836 e. The molecule has 92 valence electrons. The third-order valence-electron chi connectivity index (χ3n) is 2.81. The standard InChI is InChI=1S/C15H10IN3/c16-14-9-13(11-1-5-17-6-2-11)10-19-15(14)12-3-7-18-8-4-12/h1-10H.